The number of methoxy groups -OCH3 is 1. The first-order valence-corrected chi connectivity index (χ1v) is 24.0. The molecular formula is C47H55FN4O7S2. The van der Waals surface area contributed by atoms with E-state index in [1.165, 1.54) is 17.4 Å². The van der Waals surface area contributed by atoms with E-state index in [1.54, 1.807) is 31.1 Å². The van der Waals surface area contributed by atoms with E-state index in [9.17, 15) is 22.4 Å². The molecular weight excluding hydrogens is 816 g/mol. The Labute approximate surface area is 361 Å². The Kier molecular flexibility index (Phi) is 12.1. The molecule has 324 valence electrons. The van der Waals surface area contributed by atoms with Crippen molar-refractivity contribution in [2.45, 2.75) is 122 Å². The lowest BCUT2D eigenvalue weighted by molar-refractivity contribution is -0.142. The Morgan fingerprint density at radius 3 is 2.57 bits per heavy atom. The number of carbonyl (C=O) groups is 3. The summed E-state index contributed by atoms with van der Waals surface area (Å²) in [6, 6.07) is 9.65. The van der Waals surface area contributed by atoms with Crippen molar-refractivity contribution in [3.63, 3.8) is 0 Å². The number of nitrogens with zero attached hydrogens (tertiary/aromatic N) is 3. The van der Waals surface area contributed by atoms with E-state index < -0.39 is 44.7 Å². The Morgan fingerprint density at radius 2 is 1.85 bits per heavy atom. The zero-order valence-corrected chi connectivity index (χ0v) is 37.2. The minimum absolute atomic E-state index is 0.121. The molecule has 4 aromatic rings. The molecule has 4 aliphatic rings. The lowest BCUT2D eigenvalue weighted by Crippen LogP contribution is -2.46. The van der Waals surface area contributed by atoms with Gasteiger partial charge in [-0.05, 0) is 100.0 Å². The minimum Gasteiger partial charge on any atom is -0.496 e. The van der Waals surface area contributed by atoms with Crippen LogP contribution in [0.2, 0.25) is 0 Å². The molecule has 11 nitrogen and oxygen atoms in total. The van der Waals surface area contributed by atoms with Crippen molar-refractivity contribution in [1.82, 2.24) is 19.6 Å². The van der Waals surface area contributed by atoms with Crippen LogP contribution in [0.3, 0.4) is 0 Å². The van der Waals surface area contributed by atoms with Crippen molar-refractivity contribution in [3.8, 4) is 22.2 Å². The first-order chi connectivity index (χ1) is 29.2. The number of aryl methyl sites for hydroxylation is 2. The Balaban J connectivity index is 1.16. The number of nitrogens with one attached hydrogen (secondary N) is 1. The summed E-state index contributed by atoms with van der Waals surface area (Å²) in [7, 11) is -2.24. The number of hydrogen-bond acceptors (Lipinski definition) is 10. The molecule has 2 aliphatic carbocycles. The van der Waals surface area contributed by atoms with E-state index in [0.717, 1.165) is 52.9 Å². The first kappa shape index (κ1) is 43.0. The number of aromatic nitrogens is 2. The molecule has 3 fully saturated rings. The van der Waals surface area contributed by atoms with E-state index in [4.69, 9.17) is 19.4 Å². The topological polar surface area (TPSA) is 145 Å². The number of allylic oxidation sites excluding steroid dienone is 2. The van der Waals surface area contributed by atoms with Crippen LogP contribution in [0, 0.1) is 36.9 Å². The molecule has 0 bridgehead atoms. The van der Waals surface area contributed by atoms with Crippen LogP contribution < -0.4 is 14.2 Å². The molecule has 2 aliphatic heterocycles. The molecule has 2 saturated carbocycles. The summed E-state index contributed by atoms with van der Waals surface area (Å²) in [5.74, 6) is -0.802. The van der Waals surface area contributed by atoms with Crippen LogP contribution in [0.1, 0.15) is 106 Å². The second kappa shape index (κ2) is 17.2. The van der Waals surface area contributed by atoms with Crippen LogP contribution in [0.25, 0.3) is 21.6 Å². The van der Waals surface area contributed by atoms with Gasteiger partial charge in [0.1, 0.15) is 34.1 Å². The number of ether oxygens (including phenoxy) is 2. The lowest BCUT2D eigenvalue weighted by atomic mass is 9.89. The molecule has 0 radical (unpaired) electrons. The van der Waals surface area contributed by atoms with Crippen molar-refractivity contribution in [2.75, 3.05) is 13.7 Å². The fraction of sp³-hybridized carbons (Fsp3) is 0.511. The van der Waals surface area contributed by atoms with Gasteiger partial charge in [0, 0.05) is 41.2 Å². The van der Waals surface area contributed by atoms with Crippen molar-refractivity contribution in [3.05, 3.63) is 82.1 Å². The quantitative estimate of drug-likeness (QED) is 0.155. The number of rotatable bonds is 10. The van der Waals surface area contributed by atoms with Gasteiger partial charge in [-0.15, -0.1) is 11.3 Å². The van der Waals surface area contributed by atoms with Gasteiger partial charge in [-0.25, -0.2) is 22.8 Å². The molecule has 61 heavy (non-hydrogen) atoms. The fourth-order valence-corrected chi connectivity index (χ4v) is 11.4. The van der Waals surface area contributed by atoms with E-state index >= 15 is 4.79 Å². The van der Waals surface area contributed by atoms with E-state index in [0.29, 0.717) is 60.4 Å². The van der Waals surface area contributed by atoms with Gasteiger partial charge in [0.15, 0.2) is 5.78 Å². The summed E-state index contributed by atoms with van der Waals surface area (Å²) in [5.41, 5.74) is 3.21. The predicted molar refractivity (Wildman–Crippen MR) is 234 cm³/mol. The zero-order chi connectivity index (χ0) is 43.2. The van der Waals surface area contributed by atoms with Crippen molar-refractivity contribution < 1.29 is 36.7 Å². The Bertz CT molecular complexity index is 2500. The number of amides is 2. The van der Waals surface area contributed by atoms with Gasteiger partial charge in [0.2, 0.25) is 21.8 Å². The lowest BCUT2D eigenvalue weighted by Gasteiger charge is -2.29. The average Bonchev–Trinajstić information content (AvgIpc) is 4.10. The van der Waals surface area contributed by atoms with Gasteiger partial charge < -0.3 is 14.4 Å². The molecule has 5 atom stereocenters. The monoisotopic (exact) mass is 870 g/mol. The number of thiazole rings is 1. The fourth-order valence-electron chi connectivity index (χ4n) is 9.09. The summed E-state index contributed by atoms with van der Waals surface area (Å²) in [6.07, 6.45) is 8.98. The predicted octanol–water partition coefficient (Wildman–Crippen LogP) is 8.55. The number of carbonyl (C=O) groups excluding carboxylic acids is 3. The zero-order valence-electron chi connectivity index (χ0n) is 35.5. The summed E-state index contributed by atoms with van der Waals surface area (Å²) in [5, 5.41) is 2.92. The highest BCUT2D eigenvalue weighted by Gasteiger charge is 2.61. The SMILES string of the molecule is COc1ccc2c(O[C@@H]3C[C@H]4C(=O)C[C@]5(C(=O)NS(=O)(=O)C6CC6)C[C@H]5/C=C\CCCCC[C@H](Cc5ccc(F)c(C)c5)C(=O)N4C3)cc(-c3nc(C(C)C)cs3)nc2c1C. The maximum Gasteiger partial charge on any atom is 0.240 e. The van der Waals surface area contributed by atoms with Gasteiger partial charge in [-0.2, -0.15) is 0 Å². The molecule has 0 spiro atoms. The van der Waals surface area contributed by atoms with Crippen molar-refractivity contribution >= 4 is 49.9 Å². The third kappa shape index (κ3) is 8.98. The number of fused-ring (bicyclic) bond motifs is 3. The summed E-state index contributed by atoms with van der Waals surface area (Å²) in [4.78, 5) is 55.4. The molecule has 2 aromatic carbocycles. The molecule has 14 heteroatoms. The van der Waals surface area contributed by atoms with E-state index in [-0.39, 0.29) is 48.7 Å². The highest BCUT2D eigenvalue weighted by Crippen LogP contribution is 2.57. The number of pyridine rings is 1. The molecule has 2 amide bonds. The second-order valence-electron chi connectivity index (χ2n) is 17.8. The van der Waals surface area contributed by atoms with Gasteiger partial charge in [0.05, 0.1) is 41.6 Å². The largest absolute Gasteiger partial charge is 0.496 e. The third-order valence-electron chi connectivity index (χ3n) is 13.0. The minimum atomic E-state index is -3.85. The first-order valence-electron chi connectivity index (χ1n) is 21.6. The van der Waals surface area contributed by atoms with Gasteiger partial charge >= 0.3 is 0 Å². The number of sulfonamides is 1. The standard InChI is InChI=1S/C47H55FN4O7S2/c1-27(2)38-26-60-44(50-38)37-22-42(35-16-18-41(58-5)29(4)43(35)49-37)59-33-21-39-40(53)24-47(46(55)51-61(56,57)34-14-15-34)23-32(47)12-10-8-6-7-9-11-31(45(54)52(39)25-33)20-30-13-17-36(48)28(3)19-30/h10,12-13,16-19,22,26-27,31-34,39H,6-9,11,14-15,20-21,23-25H2,1-5H3,(H,51,55)/b12-10-/t31-,32-,33-,39+,47-/m1/s1. The van der Waals surface area contributed by atoms with Crippen LogP contribution >= 0.6 is 11.3 Å². The van der Waals surface area contributed by atoms with E-state index in [2.05, 4.69) is 18.6 Å². The maximum atomic E-state index is 15.0. The Morgan fingerprint density at radius 1 is 1.05 bits per heavy atom. The highest BCUT2D eigenvalue weighted by atomic mass is 32.2. The summed E-state index contributed by atoms with van der Waals surface area (Å²) < 4.78 is 55.3. The molecule has 1 N–H and O–H groups in total. The number of benzene rings is 2. The number of halogens is 1. The van der Waals surface area contributed by atoms with E-state index in [1.807, 2.05) is 42.7 Å². The average molecular weight is 871 g/mol. The van der Waals surface area contributed by atoms with Crippen LogP contribution in [-0.4, -0.2) is 71.9 Å². The van der Waals surface area contributed by atoms with Gasteiger partial charge in [-0.3, -0.25) is 19.1 Å². The van der Waals surface area contributed by atoms with Crippen molar-refractivity contribution in [1.29, 1.82) is 0 Å². The van der Waals surface area contributed by atoms with Gasteiger partial charge in [-0.1, -0.05) is 51.0 Å². The molecule has 8 rings (SSSR count). The van der Waals surface area contributed by atoms with Crippen molar-refractivity contribution in [2.24, 2.45) is 17.3 Å². The summed E-state index contributed by atoms with van der Waals surface area (Å²) >= 11 is 1.50. The third-order valence-corrected chi connectivity index (χ3v) is 15.7. The smallest absolute Gasteiger partial charge is 0.240 e. The van der Waals surface area contributed by atoms with Gasteiger partial charge in [0.25, 0.3) is 0 Å². The second-order valence-corrected chi connectivity index (χ2v) is 20.7. The summed E-state index contributed by atoms with van der Waals surface area (Å²) in [6.45, 7) is 7.95. The number of hydrogen-bond donors (Lipinski definition) is 1. The van der Waals surface area contributed by atoms with Crippen LogP contribution in [0.5, 0.6) is 11.5 Å². The number of Topliss-reactive ketones (excluding diaryl/α,β-unsaturated/α-hetero) is 1. The van der Waals surface area contributed by atoms with Crippen LogP contribution in [0.15, 0.2) is 53.9 Å². The molecule has 2 aromatic heterocycles. The normalized spacial score (nSPS) is 25.4. The molecule has 0 unspecified atom stereocenters. The van der Waals surface area contributed by atoms with Crippen LogP contribution in [0.4, 0.5) is 4.39 Å². The molecule has 4 heterocycles. The molecule has 1 saturated heterocycles. The highest BCUT2D eigenvalue weighted by molar-refractivity contribution is 7.90. The van der Waals surface area contributed by atoms with Crippen LogP contribution in [-0.2, 0) is 30.8 Å². The maximum absolute atomic E-state index is 15.0. The number of ketones is 1. The Hall–Kier alpha value is -4.69.